The summed E-state index contributed by atoms with van der Waals surface area (Å²) in [6.07, 6.45) is 0. The predicted molar refractivity (Wildman–Crippen MR) is 67.5 cm³/mol. The van der Waals surface area contributed by atoms with Gasteiger partial charge in [-0.25, -0.2) is 4.68 Å². The van der Waals surface area contributed by atoms with Crippen LogP contribution in [-0.2, 0) is 13.6 Å². The van der Waals surface area contributed by atoms with Crippen molar-refractivity contribution in [2.45, 2.75) is 6.54 Å². The zero-order chi connectivity index (χ0) is 12.6. The van der Waals surface area contributed by atoms with Crippen LogP contribution in [0.15, 0.2) is 27.8 Å². The van der Waals surface area contributed by atoms with Crippen molar-refractivity contribution in [3.05, 3.63) is 43.9 Å². The number of aromatic nitrogens is 2. The first-order valence-corrected chi connectivity index (χ1v) is 5.54. The highest BCUT2D eigenvalue weighted by Crippen LogP contribution is 2.16. The van der Waals surface area contributed by atoms with Crippen molar-refractivity contribution in [1.29, 1.82) is 0 Å². The number of halogens is 1. The molecule has 0 atom stereocenters. The van der Waals surface area contributed by atoms with E-state index in [9.17, 15) is 9.59 Å². The van der Waals surface area contributed by atoms with Gasteiger partial charge >= 0.3 is 0 Å². The Labute approximate surface area is 102 Å². The summed E-state index contributed by atoms with van der Waals surface area (Å²) in [5.74, 6) is 0. The van der Waals surface area contributed by atoms with Gasteiger partial charge in [0.25, 0.3) is 11.1 Å². The van der Waals surface area contributed by atoms with Crippen LogP contribution in [0, 0.1) is 0 Å². The molecule has 0 aliphatic carbocycles. The smallest absolute Gasteiger partial charge is 0.274 e. The molecule has 2 aromatic rings. The van der Waals surface area contributed by atoms with Gasteiger partial charge in [0.05, 0.1) is 22.3 Å². The van der Waals surface area contributed by atoms with E-state index < -0.39 is 0 Å². The van der Waals surface area contributed by atoms with Crippen LogP contribution in [0.3, 0.4) is 0 Å². The van der Waals surface area contributed by atoms with Crippen molar-refractivity contribution in [2.75, 3.05) is 6.54 Å². The normalized spacial score (nSPS) is 11.0. The number of rotatable bonds is 2. The maximum atomic E-state index is 12.1. The maximum absolute atomic E-state index is 12.1. The quantitative estimate of drug-likeness (QED) is 0.838. The topological polar surface area (TPSA) is 70.0 Å². The maximum Gasteiger partial charge on any atom is 0.274 e. The molecule has 0 bridgehead atoms. The number of fused-ring (bicyclic) bond motifs is 1. The summed E-state index contributed by atoms with van der Waals surface area (Å²) in [6, 6.07) is 4.84. The monoisotopic (exact) mass is 253 g/mol. The van der Waals surface area contributed by atoms with Gasteiger partial charge in [-0.15, -0.1) is 0 Å². The fraction of sp³-hybridized carbons (Fsp3) is 0.273. The minimum absolute atomic E-state index is 0.255. The van der Waals surface area contributed by atoms with Crippen LogP contribution < -0.4 is 16.9 Å². The van der Waals surface area contributed by atoms with Gasteiger partial charge in [0.1, 0.15) is 0 Å². The van der Waals surface area contributed by atoms with E-state index >= 15 is 0 Å². The molecule has 0 amide bonds. The first-order valence-electron chi connectivity index (χ1n) is 5.16. The van der Waals surface area contributed by atoms with Gasteiger partial charge in [0.2, 0.25) is 0 Å². The lowest BCUT2D eigenvalue weighted by atomic mass is 10.2. The van der Waals surface area contributed by atoms with Gasteiger partial charge in [0.15, 0.2) is 0 Å². The van der Waals surface area contributed by atoms with E-state index in [4.69, 9.17) is 17.3 Å². The molecule has 0 radical (unpaired) electrons. The fourth-order valence-corrected chi connectivity index (χ4v) is 2.10. The van der Waals surface area contributed by atoms with Gasteiger partial charge in [0, 0.05) is 13.6 Å². The van der Waals surface area contributed by atoms with Crippen LogP contribution in [0.4, 0.5) is 0 Å². The van der Waals surface area contributed by atoms with Gasteiger partial charge < -0.3 is 5.73 Å². The second-order valence-corrected chi connectivity index (χ2v) is 4.12. The van der Waals surface area contributed by atoms with E-state index in [0.29, 0.717) is 23.5 Å². The molecule has 0 aliphatic heterocycles. The zero-order valence-electron chi connectivity index (χ0n) is 9.31. The molecule has 17 heavy (non-hydrogen) atoms. The summed E-state index contributed by atoms with van der Waals surface area (Å²) in [4.78, 5) is 24.2. The summed E-state index contributed by atoms with van der Waals surface area (Å²) >= 11 is 5.95. The van der Waals surface area contributed by atoms with Gasteiger partial charge in [-0.05, 0) is 12.1 Å². The van der Waals surface area contributed by atoms with E-state index in [1.165, 1.54) is 16.4 Å². The number of hydrogen-bond acceptors (Lipinski definition) is 3. The number of hydrogen-bond donors (Lipinski definition) is 1. The van der Waals surface area contributed by atoms with E-state index in [-0.39, 0.29) is 16.5 Å². The Morgan fingerprint density at radius 1 is 1.29 bits per heavy atom. The van der Waals surface area contributed by atoms with Crippen molar-refractivity contribution >= 4 is 22.4 Å². The number of nitrogens with two attached hydrogens (primary N) is 1. The third kappa shape index (κ3) is 1.77. The fourth-order valence-electron chi connectivity index (χ4n) is 1.84. The molecule has 0 spiro atoms. The molecule has 0 fully saturated rings. The summed E-state index contributed by atoms with van der Waals surface area (Å²) in [7, 11) is 1.53. The van der Waals surface area contributed by atoms with E-state index in [1.54, 1.807) is 18.2 Å². The molecule has 0 saturated heterocycles. The summed E-state index contributed by atoms with van der Waals surface area (Å²) in [5, 5.41) is 0.879. The second-order valence-electron chi connectivity index (χ2n) is 3.71. The van der Waals surface area contributed by atoms with Gasteiger partial charge in [-0.3, -0.25) is 14.3 Å². The van der Waals surface area contributed by atoms with E-state index in [1.807, 2.05) is 0 Å². The summed E-state index contributed by atoms with van der Waals surface area (Å²) < 4.78 is 2.57. The molecule has 2 N–H and O–H groups in total. The molecule has 1 heterocycles. The zero-order valence-corrected chi connectivity index (χ0v) is 10.1. The van der Waals surface area contributed by atoms with E-state index in [2.05, 4.69) is 0 Å². The van der Waals surface area contributed by atoms with Crippen molar-refractivity contribution in [3.63, 3.8) is 0 Å². The molecule has 2 rings (SSSR count). The Kier molecular flexibility index (Phi) is 3.04. The number of nitrogens with zero attached hydrogens (tertiary/aromatic N) is 2. The lowest BCUT2D eigenvalue weighted by Gasteiger charge is -2.12. The average molecular weight is 254 g/mol. The summed E-state index contributed by atoms with van der Waals surface area (Å²) in [5.41, 5.74) is 4.87. The van der Waals surface area contributed by atoms with Crippen molar-refractivity contribution < 1.29 is 0 Å². The van der Waals surface area contributed by atoms with E-state index in [0.717, 1.165) is 0 Å². The Bertz CT molecular complexity index is 687. The van der Waals surface area contributed by atoms with Crippen LogP contribution in [0.5, 0.6) is 0 Å². The molecular formula is C11H12ClN3O2. The Morgan fingerprint density at radius 2 is 2.00 bits per heavy atom. The first-order chi connectivity index (χ1) is 8.07. The lowest BCUT2D eigenvalue weighted by Crippen LogP contribution is -2.38. The Hall–Kier alpha value is -1.59. The molecule has 0 aliphatic rings. The SMILES string of the molecule is Cn1c(=O)c2c(Cl)cccc2c(=O)n1CCN. The highest BCUT2D eigenvalue weighted by molar-refractivity contribution is 6.35. The third-order valence-electron chi connectivity index (χ3n) is 2.69. The van der Waals surface area contributed by atoms with Gasteiger partial charge in [-0.1, -0.05) is 17.7 Å². The molecule has 0 unspecified atom stereocenters. The van der Waals surface area contributed by atoms with Crippen molar-refractivity contribution in [3.8, 4) is 0 Å². The minimum atomic E-state index is -0.293. The second kappa shape index (κ2) is 4.35. The highest BCUT2D eigenvalue weighted by Gasteiger charge is 2.12. The number of benzene rings is 1. The third-order valence-corrected chi connectivity index (χ3v) is 3.00. The van der Waals surface area contributed by atoms with Crippen LogP contribution in [-0.4, -0.2) is 15.9 Å². The van der Waals surface area contributed by atoms with Gasteiger partial charge in [-0.2, -0.15) is 0 Å². The minimum Gasteiger partial charge on any atom is -0.329 e. The van der Waals surface area contributed by atoms with Crippen molar-refractivity contribution in [1.82, 2.24) is 9.36 Å². The largest absolute Gasteiger partial charge is 0.329 e. The Balaban J connectivity index is 3.01. The first kappa shape index (κ1) is 11.9. The lowest BCUT2D eigenvalue weighted by molar-refractivity contribution is 0.476. The van der Waals surface area contributed by atoms with Crippen LogP contribution in [0.1, 0.15) is 0 Å². The molecular weight excluding hydrogens is 242 g/mol. The van der Waals surface area contributed by atoms with Crippen LogP contribution in [0.2, 0.25) is 5.02 Å². The molecule has 5 nitrogen and oxygen atoms in total. The molecule has 0 saturated carbocycles. The van der Waals surface area contributed by atoms with Crippen LogP contribution in [0.25, 0.3) is 10.8 Å². The Morgan fingerprint density at radius 3 is 2.65 bits per heavy atom. The standard InChI is InChI=1S/C11H12ClN3O2/c1-14-11(17)9-7(3-2-4-8(9)12)10(16)15(14)6-5-13/h2-4H,5-6,13H2,1H3. The molecule has 1 aromatic carbocycles. The molecule has 90 valence electrons. The average Bonchev–Trinajstić information content (AvgIpc) is 2.31. The molecule has 6 heteroatoms. The predicted octanol–water partition coefficient (Wildman–Crippen LogP) is 0.312. The van der Waals surface area contributed by atoms with Crippen LogP contribution >= 0.6 is 11.6 Å². The van der Waals surface area contributed by atoms with Crippen molar-refractivity contribution in [2.24, 2.45) is 12.8 Å². The highest BCUT2D eigenvalue weighted by atomic mass is 35.5. The summed E-state index contributed by atoms with van der Waals surface area (Å²) in [6.45, 7) is 0.590. The molecule has 1 aromatic heterocycles.